The van der Waals surface area contributed by atoms with Crippen LogP contribution < -0.4 is 5.43 Å². The number of aliphatic imine (C=N–C) groups is 1. The van der Waals surface area contributed by atoms with Crippen molar-refractivity contribution in [2.45, 2.75) is 6.92 Å². The van der Waals surface area contributed by atoms with Gasteiger partial charge in [0.2, 0.25) is 0 Å². The average Bonchev–Trinajstić information content (AvgIpc) is 2.60. The number of phenolic OH excluding ortho intramolecular Hbond substituents is 1. The Bertz CT molecular complexity index is 1240. The molecule has 2 aromatic rings. The van der Waals surface area contributed by atoms with E-state index in [1.54, 1.807) is 18.2 Å². The summed E-state index contributed by atoms with van der Waals surface area (Å²) in [6.45, 7) is 1.99. The Kier molecular flexibility index (Phi) is 3.88. The summed E-state index contributed by atoms with van der Waals surface area (Å²) in [5.41, 5.74) is 4.88. The molecule has 1 heterocycles. The molecule has 0 bridgehead atoms. The molecular weight excluding hydrogens is 346 g/mol. The van der Waals surface area contributed by atoms with Crippen LogP contribution >= 0.6 is 12.2 Å². The molecule has 1 N–H and O–H groups in total. The summed E-state index contributed by atoms with van der Waals surface area (Å²) in [4.78, 5) is 15.8. The van der Waals surface area contributed by atoms with Gasteiger partial charge in [-0.05, 0) is 66.7 Å². The standard InChI is InChI=1S/C21H13NO3S/c1-12-8-13(22-11-26)2-5-16(12)21-17-6-3-14(23)9-19(17)25-20-10-15(24)4-7-18(20)21/h2-10,23H,1H3. The van der Waals surface area contributed by atoms with E-state index < -0.39 is 0 Å². The number of aryl methyl sites for hydroxylation is 1. The molecule has 4 nitrogen and oxygen atoms in total. The van der Waals surface area contributed by atoms with Crippen LogP contribution in [0, 0.1) is 6.92 Å². The van der Waals surface area contributed by atoms with Gasteiger partial charge in [0.15, 0.2) is 5.43 Å². The molecule has 1 aliphatic heterocycles. The highest BCUT2D eigenvalue weighted by molar-refractivity contribution is 7.78. The minimum absolute atomic E-state index is 0.104. The van der Waals surface area contributed by atoms with Crippen molar-refractivity contribution in [1.29, 1.82) is 0 Å². The molecule has 0 atom stereocenters. The van der Waals surface area contributed by atoms with Crippen molar-refractivity contribution in [3.8, 4) is 28.2 Å². The van der Waals surface area contributed by atoms with Crippen LogP contribution in [0.15, 0.2) is 68.8 Å². The van der Waals surface area contributed by atoms with Gasteiger partial charge in [-0.1, -0.05) is 6.07 Å². The normalized spacial score (nSPS) is 10.8. The van der Waals surface area contributed by atoms with E-state index in [9.17, 15) is 9.90 Å². The molecule has 0 unspecified atom stereocenters. The Hall–Kier alpha value is -3.27. The van der Waals surface area contributed by atoms with Gasteiger partial charge in [-0.15, -0.1) is 0 Å². The number of hydrogen-bond acceptors (Lipinski definition) is 5. The van der Waals surface area contributed by atoms with E-state index in [-0.39, 0.29) is 11.2 Å². The van der Waals surface area contributed by atoms with Crippen LogP contribution in [-0.2, 0) is 0 Å². The minimum atomic E-state index is -0.130. The molecule has 0 radical (unpaired) electrons. The van der Waals surface area contributed by atoms with E-state index in [0.717, 1.165) is 33.3 Å². The molecule has 5 heteroatoms. The molecule has 126 valence electrons. The molecule has 2 aliphatic rings. The number of phenols is 1. The lowest BCUT2D eigenvalue weighted by Crippen LogP contribution is -2.00. The maximum Gasteiger partial charge on any atom is 0.182 e. The van der Waals surface area contributed by atoms with Gasteiger partial charge in [0, 0.05) is 28.6 Å². The summed E-state index contributed by atoms with van der Waals surface area (Å²) in [5.74, 6) is 0.582. The number of nitrogens with zero attached hydrogens (tertiary/aromatic N) is 1. The number of hydrogen-bond donors (Lipinski definition) is 1. The molecule has 0 fully saturated rings. The first-order chi connectivity index (χ1) is 12.6. The first kappa shape index (κ1) is 16.2. The van der Waals surface area contributed by atoms with Crippen molar-refractivity contribution in [2.75, 3.05) is 0 Å². The second-order valence-electron chi connectivity index (χ2n) is 6.02. The zero-order chi connectivity index (χ0) is 18.3. The Morgan fingerprint density at radius 2 is 1.85 bits per heavy atom. The van der Waals surface area contributed by atoms with Crippen LogP contribution in [0.4, 0.5) is 5.69 Å². The molecular formula is C21H13NO3S. The maximum atomic E-state index is 11.8. The van der Waals surface area contributed by atoms with Crippen LogP contribution in [0.3, 0.4) is 0 Å². The first-order valence-corrected chi connectivity index (χ1v) is 8.36. The Balaban J connectivity index is 2.13. The summed E-state index contributed by atoms with van der Waals surface area (Å²) < 4.78 is 5.87. The summed E-state index contributed by atoms with van der Waals surface area (Å²) in [5, 5.41) is 13.0. The summed E-state index contributed by atoms with van der Waals surface area (Å²) in [7, 11) is 0. The van der Waals surface area contributed by atoms with Crippen molar-refractivity contribution < 1.29 is 9.52 Å². The van der Waals surface area contributed by atoms with Crippen molar-refractivity contribution in [2.24, 2.45) is 4.99 Å². The molecule has 2 aromatic carbocycles. The van der Waals surface area contributed by atoms with Gasteiger partial charge >= 0.3 is 0 Å². The SMILES string of the molecule is Cc1cc(N=C=S)ccc1-c1c2ccc(=O)cc-2oc2cc(O)ccc12. The zero-order valence-electron chi connectivity index (χ0n) is 13.8. The van der Waals surface area contributed by atoms with E-state index in [0.29, 0.717) is 11.3 Å². The van der Waals surface area contributed by atoms with Gasteiger partial charge in [-0.3, -0.25) is 4.79 Å². The molecule has 4 rings (SSSR count). The van der Waals surface area contributed by atoms with Gasteiger partial charge < -0.3 is 9.52 Å². The average molecular weight is 359 g/mol. The van der Waals surface area contributed by atoms with Gasteiger partial charge in [-0.2, -0.15) is 4.99 Å². The highest BCUT2D eigenvalue weighted by atomic mass is 32.1. The second kappa shape index (κ2) is 6.23. The van der Waals surface area contributed by atoms with Crippen LogP contribution in [0.1, 0.15) is 5.56 Å². The van der Waals surface area contributed by atoms with Crippen molar-refractivity contribution in [1.82, 2.24) is 0 Å². The molecule has 26 heavy (non-hydrogen) atoms. The fourth-order valence-corrected chi connectivity index (χ4v) is 3.31. The maximum absolute atomic E-state index is 11.8. The number of fused-ring (bicyclic) bond motifs is 2. The van der Waals surface area contributed by atoms with Crippen molar-refractivity contribution >= 4 is 34.0 Å². The number of aromatic hydroxyl groups is 1. The molecule has 0 aromatic heterocycles. The van der Waals surface area contributed by atoms with E-state index in [2.05, 4.69) is 22.4 Å². The van der Waals surface area contributed by atoms with Gasteiger partial charge in [0.1, 0.15) is 17.1 Å². The second-order valence-corrected chi connectivity index (χ2v) is 6.20. The summed E-state index contributed by atoms with van der Waals surface area (Å²) in [6.07, 6.45) is 0. The number of thiocarbonyl (C=S) groups is 1. The highest BCUT2D eigenvalue weighted by Gasteiger charge is 2.18. The van der Waals surface area contributed by atoms with E-state index in [4.69, 9.17) is 4.42 Å². The molecule has 0 amide bonds. The third kappa shape index (κ3) is 2.69. The Morgan fingerprint density at radius 1 is 1.04 bits per heavy atom. The van der Waals surface area contributed by atoms with Crippen molar-refractivity contribution in [3.63, 3.8) is 0 Å². The topological polar surface area (TPSA) is 62.8 Å². The Morgan fingerprint density at radius 3 is 2.62 bits per heavy atom. The lowest BCUT2D eigenvalue weighted by Gasteiger charge is -2.16. The number of isothiocyanates is 1. The molecule has 0 spiro atoms. The highest BCUT2D eigenvalue weighted by Crippen LogP contribution is 2.42. The van der Waals surface area contributed by atoms with E-state index in [1.807, 2.05) is 31.2 Å². The summed E-state index contributed by atoms with van der Waals surface area (Å²) in [6, 6.07) is 15.5. The third-order valence-corrected chi connectivity index (χ3v) is 4.42. The van der Waals surface area contributed by atoms with Gasteiger partial charge in [-0.25, -0.2) is 0 Å². The summed E-state index contributed by atoms with van der Waals surface area (Å²) >= 11 is 4.67. The molecule has 0 saturated heterocycles. The molecule has 0 saturated carbocycles. The lowest BCUT2D eigenvalue weighted by molar-refractivity contribution is 0.474. The number of benzene rings is 3. The largest absolute Gasteiger partial charge is 0.508 e. The monoisotopic (exact) mass is 359 g/mol. The van der Waals surface area contributed by atoms with Crippen LogP contribution in [0.5, 0.6) is 5.75 Å². The van der Waals surface area contributed by atoms with Crippen LogP contribution in [0.25, 0.3) is 33.4 Å². The van der Waals surface area contributed by atoms with E-state index >= 15 is 0 Å². The number of rotatable bonds is 2. The predicted molar refractivity (Wildman–Crippen MR) is 106 cm³/mol. The van der Waals surface area contributed by atoms with Crippen molar-refractivity contribution in [3.05, 3.63) is 70.4 Å². The quantitative estimate of drug-likeness (QED) is 0.299. The van der Waals surface area contributed by atoms with Crippen LogP contribution in [-0.4, -0.2) is 10.3 Å². The fourth-order valence-electron chi connectivity index (χ4n) is 3.20. The minimum Gasteiger partial charge on any atom is -0.508 e. The van der Waals surface area contributed by atoms with E-state index in [1.165, 1.54) is 12.1 Å². The van der Waals surface area contributed by atoms with Gasteiger partial charge in [0.25, 0.3) is 0 Å². The smallest absolute Gasteiger partial charge is 0.182 e. The van der Waals surface area contributed by atoms with Crippen LogP contribution in [0.2, 0.25) is 0 Å². The first-order valence-electron chi connectivity index (χ1n) is 7.95. The Labute approximate surface area is 154 Å². The fraction of sp³-hybridized carbons (Fsp3) is 0.0476. The predicted octanol–water partition coefficient (Wildman–Crippen LogP) is 5.31. The lowest BCUT2D eigenvalue weighted by atomic mass is 9.91. The zero-order valence-corrected chi connectivity index (χ0v) is 14.6. The molecule has 1 aliphatic carbocycles. The third-order valence-electron chi connectivity index (χ3n) is 4.33. The van der Waals surface area contributed by atoms with Gasteiger partial charge in [0.05, 0.1) is 10.8 Å².